The standard InChI is InChI=1S/C20H15Cl2N3/c21-17-7-5-16(19(22)12-17)13-24-20-23-9-10-25(20)18-8-6-14-3-1-2-4-15(14)11-18/h1-12H,13H2,(H,23,24). The van der Waals surface area contributed by atoms with Crippen molar-refractivity contribution in [2.45, 2.75) is 6.54 Å². The highest BCUT2D eigenvalue weighted by Crippen LogP contribution is 2.24. The molecule has 0 aliphatic heterocycles. The molecule has 3 aromatic carbocycles. The summed E-state index contributed by atoms with van der Waals surface area (Å²) in [6, 6.07) is 20.2. The van der Waals surface area contributed by atoms with Crippen molar-refractivity contribution in [1.82, 2.24) is 9.55 Å². The second-order valence-corrected chi connectivity index (χ2v) is 6.59. The third-order valence-corrected chi connectivity index (χ3v) is 4.69. The first kappa shape index (κ1) is 16.0. The molecule has 0 saturated heterocycles. The molecule has 0 bridgehead atoms. The predicted octanol–water partition coefficient (Wildman–Crippen LogP) is 5.94. The highest BCUT2D eigenvalue weighted by Gasteiger charge is 2.07. The molecule has 0 radical (unpaired) electrons. The van der Waals surface area contributed by atoms with Gasteiger partial charge in [-0.3, -0.25) is 4.57 Å². The van der Waals surface area contributed by atoms with Crippen molar-refractivity contribution in [3.63, 3.8) is 0 Å². The average Bonchev–Trinajstić information content (AvgIpc) is 3.09. The molecule has 1 aromatic heterocycles. The Bertz CT molecular complexity index is 1040. The van der Waals surface area contributed by atoms with Gasteiger partial charge in [0, 0.05) is 34.7 Å². The van der Waals surface area contributed by atoms with Crippen LogP contribution < -0.4 is 5.32 Å². The molecule has 0 amide bonds. The number of fused-ring (bicyclic) bond motifs is 1. The summed E-state index contributed by atoms with van der Waals surface area (Å²) in [4.78, 5) is 4.42. The van der Waals surface area contributed by atoms with Gasteiger partial charge in [0.1, 0.15) is 0 Å². The van der Waals surface area contributed by atoms with Crippen LogP contribution in [0.15, 0.2) is 73.1 Å². The molecule has 0 fully saturated rings. The quantitative estimate of drug-likeness (QED) is 0.483. The van der Waals surface area contributed by atoms with Gasteiger partial charge < -0.3 is 5.32 Å². The average molecular weight is 368 g/mol. The maximum atomic E-state index is 6.24. The Morgan fingerprint density at radius 3 is 2.60 bits per heavy atom. The molecule has 25 heavy (non-hydrogen) atoms. The van der Waals surface area contributed by atoms with E-state index in [9.17, 15) is 0 Å². The molecular weight excluding hydrogens is 353 g/mol. The zero-order chi connectivity index (χ0) is 17.2. The van der Waals surface area contributed by atoms with Gasteiger partial charge in [0.15, 0.2) is 0 Å². The summed E-state index contributed by atoms with van der Waals surface area (Å²) < 4.78 is 2.02. The van der Waals surface area contributed by atoms with Crippen LogP contribution in [0.25, 0.3) is 16.5 Å². The number of nitrogens with zero attached hydrogens (tertiary/aromatic N) is 2. The SMILES string of the molecule is Clc1ccc(CNc2nccn2-c2ccc3ccccc3c2)c(Cl)c1. The van der Waals surface area contributed by atoms with Crippen LogP contribution in [0.3, 0.4) is 0 Å². The molecule has 0 unspecified atom stereocenters. The summed E-state index contributed by atoms with van der Waals surface area (Å²) in [5.74, 6) is 0.765. The fraction of sp³-hybridized carbons (Fsp3) is 0.0500. The van der Waals surface area contributed by atoms with E-state index in [1.165, 1.54) is 10.8 Å². The maximum absolute atomic E-state index is 6.24. The Kier molecular flexibility index (Phi) is 4.35. The van der Waals surface area contributed by atoms with Crippen molar-refractivity contribution in [3.8, 4) is 5.69 Å². The number of hydrogen-bond acceptors (Lipinski definition) is 2. The Hall–Kier alpha value is -2.49. The summed E-state index contributed by atoms with van der Waals surface area (Å²) in [5, 5.41) is 7.03. The van der Waals surface area contributed by atoms with E-state index in [1.54, 1.807) is 12.3 Å². The molecule has 0 saturated carbocycles. The molecule has 1 heterocycles. The number of hydrogen-bond donors (Lipinski definition) is 1. The maximum Gasteiger partial charge on any atom is 0.207 e. The fourth-order valence-electron chi connectivity index (χ4n) is 2.81. The van der Waals surface area contributed by atoms with E-state index >= 15 is 0 Å². The lowest BCUT2D eigenvalue weighted by molar-refractivity contribution is 1.01. The van der Waals surface area contributed by atoms with Crippen LogP contribution in [0, 0.1) is 0 Å². The molecule has 124 valence electrons. The number of halogens is 2. The number of imidazole rings is 1. The van der Waals surface area contributed by atoms with Gasteiger partial charge in [0.25, 0.3) is 0 Å². The lowest BCUT2D eigenvalue weighted by atomic mass is 10.1. The molecule has 0 atom stereocenters. The number of rotatable bonds is 4. The molecule has 0 spiro atoms. The van der Waals surface area contributed by atoms with Crippen molar-refractivity contribution < 1.29 is 0 Å². The van der Waals surface area contributed by atoms with Crippen LogP contribution in [0.4, 0.5) is 5.95 Å². The Morgan fingerprint density at radius 1 is 0.920 bits per heavy atom. The Morgan fingerprint density at radius 2 is 1.76 bits per heavy atom. The Labute approximate surface area is 155 Å². The highest BCUT2D eigenvalue weighted by atomic mass is 35.5. The van der Waals surface area contributed by atoms with Gasteiger partial charge in [-0.2, -0.15) is 0 Å². The summed E-state index contributed by atoms with van der Waals surface area (Å²) in [7, 11) is 0. The zero-order valence-corrected chi connectivity index (χ0v) is 14.8. The lowest BCUT2D eigenvalue weighted by Gasteiger charge is -2.12. The molecule has 4 aromatic rings. The van der Waals surface area contributed by atoms with E-state index in [0.717, 1.165) is 17.2 Å². The third kappa shape index (κ3) is 3.34. The normalized spacial score (nSPS) is 11.0. The van der Waals surface area contributed by atoms with Gasteiger partial charge in [0.05, 0.1) is 0 Å². The monoisotopic (exact) mass is 367 g/mol. The van der Waals surface area contributed by atoms with Crippen LogP contribution in [0.1, 0.15) is 5.56 Å². The first-order valence-electron chi connectivity index (χ1n) is 7.91. The molecule has 4 rings (SSSR count). The first-order chi connectivity index (χ1) is 12.2. The van der Waals surface area contributed by atoms with Gasteiger partial charge in [-0.15, -0.1) is 0 Å². The summed E-state index contributed by atoms with van der Waals surface area (Å²) >= 11 is 12.2. The summed E-state index contributed by atoms with van der Waals surface area (Å²) in [5.41, 5.74) is 2.03. The number of aromatic nitrogens is 2. The number of benzene rings is 3. The molecular formula is C20H15Cl2N3. The van der Waals surface area contributed by atoms with Crippen LogP contribution in [0.5, 0.6) is 0 Å². The minimum Gasteiger partial charge on any atom is -0.351 e. The van der Waals surface area contributed by atoms with Crippen LogP contribution >= 0.6 is 23.2 Å². The van der Waals surface area contributed by atoms with Crippen molar-refractivity contribution in [3.05, 3.63) is 88.7 Å². The van der Waals surface area contributed by atoms with E-state index in [-0.39, 0.29) is 0 Å². The van der Waals surface area contributed by atoms with Crippen molar-refractivity contribution in [2.75, 3.05) is 5.32 Å². The first-order valence-corrected chi connectivity index (χ1v) is 8.66. The van der Waals surface area contributed by atoms with Crippen molar-refractivity contribution >= 4 is 39.9 Å². The van der Waals surface area contributed by atoms with Gasteiger partial charge in [-0.05, 0) is 40.6 Å². The van der Waals surface area contributed by atoms with Gasteiger partial charge in [-0.25, -0.2) is 4.98 Å². The van der Waals surface area contributed by atoms with Gasteiger partial charge >= 0.3 is 0 Å². The second-order valence-electron chi connectivity index (χ2n) is 5.74. The third-order valence-electron chi connectivity index (χ3n) is 4.10. The molecule has 0 aliphatic carbocycles. The highest BCUT2D eigenvalue weighted by molar-refractivity contribution is 6.35. The number of anilines is 1. The van der Waals surface area contributed by atoms with Crippen molar-refractivity contribution in [1.29, 1.82) is 0 Å². The van der Waals surface area contributed by atoms with Crippen LogP contribution in [-0.4, -0.2) is 9.55 Å². The lowest BCUT2D eigenvalue weighted by Crippen LogP contribution is -2.06. The van der Waals surface area contributed by atoms with Crippen LogP contribution in [-0.2, 0) is 6.54 Å². The van der Waals surface area contributed by atoms with E-state index in [1.807, 2.05) is 35.0 Å². The minimum atomic E-state index is 0.570. The Balaban J connectivity index is 1.61. The zero-order valence-electron chi connectivity index (χ0n) is 13.3. The van der Waals surface area contributed by atoms with E-state index < -0.39 is 0 Å². The fourth-order valence-corrected chi connectivity index (χ4v) is 3.28. The second kappa shape index (κ2) is 6.79. The number of nitrogens with one attached hydrogen (secondary N) is 1. The van der Waals surface area contributed by atoms with E-state index in [4.69, 9.17) is 23.2 Å². The smallest absolute Gasteiger partial charge is 0.207 e. The summed E-state index contributed by atoms with van der Waals surface area (Å²) in [6.07, 6.45) is 3.72. The molecule has 0 aliphatic rings. The summed E-state index contributed by atoms with van der Waals surface area (Å²) in [6.45, 7) is 0.570. The van der Waals surface area contributed by atoms with E-state index in [2.05, 4.69) is 40.6 Å². The molecule has 5 heteroatoms. The van der Waals surface area contributed by atoms with Gasteiger partial charge in [0.2, 0.25) is 5.95 Å². The largest absolute Gasteiger partial charge is 0.351 e. The van der Waals surface area contributed by atoms with Gasteiger partial charge in [-0.1, -0.05) is 59.6 Å². The predicted molar refractivity (Wildman–Crippen MR) is 105 cm³/mol. The topological polar surface area (TPSA) is 29.9 Å². The van der Waals surface area contributed by atoms with E-state index in [0.29, 0.717) is 16.6 Å². The minimum absolute atomic E-state index is 0.570. The van der Waals surface area contributed by atoms with Crippen molar-refractivity contribution in [2.24, 2.45) is 0 Å². The molecule has 1 N–H and O–H groups in total. The van der Waals surface area contributed by atoms with Crippen LogP contribution in [0.2, 0.25) is 10.0 Å². The molecule has 3 nitrogen and oxygen atoms in total.